The fraction of sp³-hybridized carbons (Fsp3) is 0.737. The van der Waals surface area contributed by atoms with Crippen molar-refractivity contribution in [2.75, 3.05) is 43.1 Å². The van der Waals surface area contributed by atoms with E-state index in [1.54, 1.807) is 0 Å². The Morgan fingerprint density at radius 2 is 1.82 bits per heavy atom. The van der Waals surface area contributed by atoms with Crippen molar-refractivity contribution >= 4 is 21.3 Å². The van der Waals surface area contributed by atoms with E-state index in [4.69, 9.17) is 5.10 Å². The molecule has 2 saturated heterocycles. The maximum atomic E-state index is 11.6. The largest absolute Gasteiger partial charge is 0.352 e. The second kappa shape index (κ2) is 6.95. The third-order valence-electron chi connectivity index (χ3n) is 5.95. The molecule has 0 unspecified atom stereocenters. The van der Waals surface area contributed by atoms with Crippen molar-refractivity contribution in [3.63, 3.8) is 0 Å². The van der Waals surface area contributed by atoms with Crippen LogP contribution in [-0.2, 0) is 15.3 Å². The average molecular weight is 407 g/mol. The fourth-order valence-electron chi connectivity index (χ4n) is 4.01. The Bertz CT molecular complexity index is 944. The molecule has 4 heterocycles. The SMILES string of the molecule is CN(CC1CCS(=O)(=O)CC1)C1CN(c2ccc3nnc(C(C)(C)C)n3n2)C1. The molecule has 154 valence electrons. The standard InChI is InChI=1S/C19H30N6O2S/c1-19(2,3)18-21-20-16-5-6-17(22-25(16)18)24-12-15(13-24)23(4)11-14-7-9-28(26,27)10-8-14/h5-6,14-15H,7-13H2,1-4H3. The van der Waals surface area contributed by atoms with Gasteiger partial charge in [0.15, 0.2) is 11.5 Å². The van der Waals surface area contributed by atoms with Crippen LogP contribution in [0, 0.1) is 5.92 Å². The summed E-state index contributed by atoms with van der Waals surface area (Å²) in [5.74, 6) is 3.00. The Labute approximate surface area is 166 Å². The number of sulfone groups is 1. The van der Waals surface area contributed by atoms with E-state index < -0.39 is 9.84 Å². The number of aromatic nitrogens is 4. The molecular weight excluding hydrogens is 376 g/mol. The third kappa shape index (κ3) is 3.87. The lowest BCUT2D eigenvalue weighted by Crippen LogP contribution is -2.59. The van der Waals surface area contributed by atoms with Gasteiger partial charge in [-0.3, -0.25) is 4.90 Å². The lowest BCUT2D eigenvalue weighted by Gasteiger charge is -2.45. The van der Waals surface area contributed by atoms with Gasteiger partial charge in [-0.05, 0) is 37.9 Å². The van der Waals surface area contributed by atoms with Crippen LogP contribution in [0.4, 0.5) is 5.82 Å². The fourth-order valence-corrected chi connectivity index (χ4v) is 5.60. The lowest BCUT2D eigenvalue weighted by molar-refractivity contribution is 0.171. The van der Waals surface area contributed by atoms with Crippen molar-refractivity contribution in [3.05, 3.63) is 18.0 Å². The summed E-state index contributed by atoms with van der Waals surface area (Å²) in [7, 11) is -0.631. The van der Waals surface area contributed by atoms with Gasteiger partial charge in [-0.15, -0.1) is 15.3 Å². The highest BCUT2D eigenvalue weighted by Crippen LogP contribution is 2.26. The Balaban J connectivity index is 1.37. The molecule has 28 heavy (non-hydrogen) atoms. The molecule has 0 amide bonds. The predicted molar refractivity (Wildman–Crippen MR) is 109 cm³/mol. The maximum absolute atomic E-state index is 11.6. The third-order valence-corrected chi connectivity index (χ3v) is 7.66. The van der Waals surface area contributed by atoms with E-state index >= 15 is 0 Å². The first-order valence-corrected chi connectivity index (χ1v) is 11.8. The van der Waals surface area contributed by atoms with Crippen LogP contribution in [0.3, 0.4) is 0 Å². The molecule has 0 atom stereocenters. The molecule has 4 rings (SSSR count). The zero-order valence-electron chi connectivity index (χ0n) is 17.2. The van der Waals surface area contributed by atoms with Gasteiger partial charge in [-0.1, -0.05) is 20.8 Å². The summed E-state index contributed by atoms with van der Waals surface area (Å²) < 4.78 is 25.1. The van der Waals surface area contributed by atoms with E-state index in [1.807, 2.05) is 16.6 Å². The molecule has 0 aliphatic carbocycles. The Kier molecular flexibility index (Phi) is 4.86. The molecule has 2 fully saturated rings. The molecule has 2 aliphatic rings. The second-order valence-electron chi connectivity index (χ2n) is 9.33. The van der Waals surface area contributed by atoms with Crippen molar-refractivity contribution in [1.29, 1.82) is 0 Å². The molecule has 2 aromatic heterocycles. The first-order valence-electron chi connectivity index (χ1n) is 10.0. The maximum Gasteiger partial charge on any atom is 0.178 e. The van der Waals surface area contributed by atoms with Gasteiger partial charge in [-0.2, -0.15) is 4.52 Å². The topological polar surface area (TPSA) is 83.7 Å². The number of fused-ring (bicyclic) bond motifs is 1. The summed E-state index contributed by atoms with van der Waals surface area (Å²) in [6.07, 6.45) is 1.59. The van der Waals surface area contributed by atoms with Gasteiger partial charge >= 0.3 is 0 Å². The zero-order chi connectivity index (χ0) is 20.1. The molecule has 2 aromatic rings. The first-order chi connectivity index (χ1) is 13.1. The number of hydrogen-bond acceptors (Lipinski definition) is 7. The quantitative estimate of drug-likeness (QED) is 0.758. The van der Waals surface area contributed by atoms with E-state index in [2.05, 4.69) is 47.8 Å². The molecule has 2 aliphatic heterocycles. The second-order valence-corrected chi connectivity index (χ2v) is 11.6. The van der Waals surface area contributed by atoms with Crippen LogP contribution < -0.4 is 4.90 Å². The van der Waals surface area contributed by atoms with Crippen molar-refractivity contribution in [1.82, 2.24) is 24.7 Å². The Morgan fingerprint density at radius 3 is 2.46 bits per heavy atom. The van der Waals surface area contributed by atoms with E-state index in [0.29, 0.717) is 23.5 Å². The summed E-state index contributed by atoms with van der Waals surface area (Å²) in [6, 6.07) is 4.47. The molecule has 0 spiro atoms. The van der Waals surface area contributed by atoms with Gasteiger partial charge in [0, 0.05) is 31.1 Å². The van der Waals surface area contributed by atoms with Gasteiger partial charge < -0.3 is 4.90 Å². The lowest BCUT2D eigenvalue weighted by atomic mass is 9.96. The van der Waals surface area contributed by atoms with Crippen LogP contribution in [0.25, 0.3) is 5.65 Å². The molecule has 0 aromatic carbocycles. The highest BCUT2D eigenvalue weighted by Gasteiger charge is 2.33. The normalized spacial score (nSPS) is 21.4. The summed E-state index contributed by atoms with van der Waals surface area (Å²) in [5.41, 5.74) is 0.658. The van der Waals surface area contributed by atoms with E-state index in [1.165, 1.54) is 0 Å². The predicted octanol–water partition coefficient (Wildman–Crippen LogP) is 1.37. The minimum absolute atomic E-state index is 0.115. The molecule has 0 bridgehead atoms. The zero-order valence-corrected chi connectivity index (χ0v) is 18.0. The monoisotopic (exact) mass is 406 g/mol. The van der Waals surface area contributed by atoms with Crippen LogP contribution >= 0.6 is 0 Å². The first kappa shape index (κ1) is 19.6. The van der Waals surface area contributed by atoms with Crippen LogP contribution in [-0.4, -0.2) is 77.4 Å². The molecule has 9 heteroatoms. The number of hydrogen-bond donors (Lipinski definition) is 0. The number of likely N-dealkylation sites (N-methyl/N-ethyl adjacent to an activating group) is 1. The smallest absolute Gasteiger partial charge is 0.178 e. The highest BCUT2D eigenvalue weighted by atomic mass is 32.2. The van der Waals surface area contributed by atoms with Crippen molar-refractivity contribution < 1.29 is 8.42 Å². The van der Waals surface area contributed by atoms with Crippen LogP contribution in [0.2, 0.25) is 0 Å². The molecule has 8 nitrogen and oxygen atoms in total. The number of anilines is 1. The molecule has 0 N–H and O–H groups in total. The minimum atomic E-state index is -2.78. The van der Waals surface area contributed by atoms with Crippen LogP contribution in [0.1, 0.15) is 39.4 Å². The highest BCUT2D eigenvalue weighted by molar-refractivity contribution is 7.91. The molecule has 0 radical (unpaired) electrons. The van der Waals surface area contributed by atoms with E-state index in [-0.39, 0.29) is 5.41 Å². The van der Waals surface area contributed by atoms with Gasteiger partial charge in [-0.25, -0.2) is 8.42 Å². The van der Waals surface area contributed by atoms with Crippen LogP contribution in [0.15, 0.2) is 12.1 Å². The van der Waals surface area contributed by atoms with Crippen LogP contribution in [0.5, 0.6) is 0 Å². The average Bonchev–Trinajstić information content (AvgIpc) is 2.99. The number of rotatable bonds is 4. The summed E-state index contributed by atoms with van der Waals surface area (Å²) >= 11 is 0. The van der Waals surface area contributed by atoms with Crippen molar-refractivity contribution in [2.45, 2.75) is 45.1 Å². The Hall–Kier alpha value is -1.74. The van der Waals surface area contributed by atoms with Crippen molar-refractivity contribution in [3.8, 4) is 0 Å². The minimum Gasteiger partial charge on any atom is -0.352 e. The number of nitrogens with zero attached hydrogens (tertiary/aromatic N) is 6. The van der Waals surface area contributed by atoms with Gasteiger partial charge in [0.2, 0.25) is 0 Å². The molecular formula is C19H30N6O2S. The van der Waals surface area contributed by atoms with Crippen molar-refractivity contribution in [2.24, 2.45) is 5.92 Å². The van der Waals surface area contributed by atoms with E-state index in [9.17, 15) is 8.42 Å². The summed E-state index contributed by atoms with van der Waals surface area (Å²) in [5, 5.41) is 13.3. The summed E-state index contributed by atoms with van der Waals surface area (Å²) in [4.78, 5) is 4.66. The summed E-state index contributed by atoms with van der Waals surface area (Å²) in [6.45, 7) is 9.19. The van der Waals surface area contributed by atoms with Gasteiger partial charge in [0.05, 0.1) is 11.5 Å². The van der Waals surface area contributed by atoms with E-state index in [0.717, 1.165) is 49.8 Å². The molecule has 0 saturated carbocycles. The Morgan fingerprint density at radius 1 is 1.14 bits per heavy atom. The van der Waals surface area contributed by atoms with Gasteiger partial charge in [0.1, 0.15) is 15.7 Å². The van der Waals surface area contributed by atoms with Gasteiger partial charge in [0.25, 0.3) is 0 Å².